The van der Waals surface area contributed by atoms with Crippen LogP contribution in [0.2, 0.25) is 0 Å². The van der Waals surface area contributed by atoms with Crippen LogP contribution in [0.5, 0.6) is 0 Å². The number of hydrogen-bond acceptors (Lipinski definition) is 5. The number of carbonyl (C=O) groups excluding carboxylic acids is 1. The number of ether oxygens (including phenoxy) is 1. The lowest BCUT2D eigenvalue weighted by atomic mass is 9.99. The minimum atomic E-state index is -0.0220. The van der Waals surface area contributed by atoms with Crippen molar-refractivity contribution in [1.29, 1.82) is 0 Å². The lowest BCUT2D eigenvalue weighted by molar-refractivity contribution is 0.0102. The van der Waals surface area contributed by atoms with Crippen LogP contribution in [0.4, 0.5) is 0 Å². The van der Waals surface area contributed by atoms with E-state index in [-0.39, 0.29) is 5.91 Å². The molecule has 6 heteroatoms. The fourth-order valence-electron chi connectivity index (χ4n) is 3.73. The first-order valence-corrected chi connectivity index (χ1v) is 9.21. The number of carbonyl (C=O) groups is 1. The molecule has 0 aliphatic carbocycles. The highest BCUT2D eigenvalue weighted by molar-refractivity contribution is 5.91. The Balaban J connectivity index is 1.68. The zero-order valence-electron chi connectivity index (χ0n) is 15.0. The van der Waals surface area contributed by atoms with Crippen LogP contribution in [0.3, 0.4) is 0 Å². The molecule has 2 aliphatic rings. The minimum absolute atomic E-state index is 0.0220. The number of amides is 1. The van der Waals surface area contributed by atoms with Gasteiger partial charge in [0.1, 0.15) is 0 Å². The summed E-state index contributed by atoms with van der Waals surface area (Å²) in [6, 6.07) is 2.25. The molecule has 3 atom stereocenters. The molecule has 0 aromatic carbocycles. The molecule has 6 nitrogen and oxygen atoms in total. The molecule has 0 bridgehead atoms. The van der Waals surface area contributed by atoms with Gasteiger partial charge in [-0.2, -0.15) is 0 Å². The number of nitrogens with zero attached hydrogens (tertiary/aromatic N) is 3. The second-order valence-electron chi connectivity index (χ2n) is 7.02. The van der Waals surface area contributed by atoms with Crippen LogP contribution in [0.1, 0.15) is 55.8 Å². The Morgan fingerprint density at radius 1 is 1.33 bits per heavy atom. The number of aromatic nitrogens is 1. The highest BCUT2D eigenvalue weighted by atomic mass is 16.5. The summed E-state index contributed by atoms with van der Waals surface area (Å²) in [6.07, 6.45) is 2.07. The van der Waals surface area contributed by atoms with Gasteiger partial charge in [-0.15, -0.1) is 0 Å². The molecule has 0 spiro atoms. The monoisotopic (exact) mass is 335 g/mol. The molecule has 3 heterocycles. The average Bonchev–Trinajstić information content (AvgIpc) is 3.28. The molecule has 3 rings (SSSR count). The molecule has 0 unspecified atom stereocenters. The third-order valence-corrected chi connectivity index (χ3v) is 5.59. The molecule has 1 amide bonds. The van der Waals surface area contributed by atoms with Crippen LogP contribution in [-0.4, -0.2) is 66.3 Å². The van der Waals surface area contributed by atoms with Crippen molar-refractivity contribution < 1.29 is 14.1 Å². The van der Waals surface area contributed by atoms with E-state index >= 15 is 0 Å². The van der Waals surface area contributed by atoms with Crippen molar-refractivity contribution in [2.24, 2.45) is 5.92 Å². The largest absolute Gasteiger partial charge is 0.379 e. The van der Waals surface area contributed by atoms with E-state index in [9.17, 15) is 4.79 Å². The minimum Gasteiger partial charge on any atom is -0.379 e. The van der Waals surface area contributed by atoms with E-state index in [1.54, 1.807) is 0 Å². The molecule has 2 fully saturated rings. The molecular weight excluding hydrogens is 306 g/mol. The van der Waals surface area contributed by atoms with Crippen LogP contribution >= 0.6 is 0 Å². The standard InChI is InChI=1S/C18H29N3O3/c1-4-13(3)15-10-17(24-19-15)18(22)21-11-14(5-2)16(12-21)20-6-8-23-9-7-20/h10,13-14,16H,4-9,11-12H2,1-3H3/t13-,14-,16+/m0/s1. The SMILES string of the molecule is CC[C@H]1CN(C(=O)c2cc([C@@H](C)CC)no2)C[C@H]1N1CCOCC1. The van der Waals surface area contributed by atoms with Crippen molar-refractivity contribution in [1.82, 2.24) is 15.0 Å². The Morgan fingerprint density at radius 3 is 2.75 bits per heavy atom. The summed E-state index contributed by atoms with van der Waals surface area (Å²) in [4.78, 5) is 17.2. The van der Waals surface area contributed by atoms with E-state index in [1.807, 2.05) is 11.0 Å². The Bertz CT molecular complexity index is 553. The normalized spacial score (nSPS) is 26.7. The molecule has 24 heavy (non-hydrogen) atoms. The van der Waals surface area contributed by atoms with Crippen molar-refractivity contribution in [2.45, 2.75) is 45.6 Å². The van der Waals surface area contributed by atoms with E-state index < -0.39 is 0 Å². The van der Waals surface area contributed by atoms with Gasteiger partial charge in [-0.25, -0.2) is 0 Å². The molecule has 1 aromatic rings. The van der Waals surface area contributed by atoms with Gasteiger partial charge in [-0.1, -0.05) is 32.3 Å². The molecular formula is C18H29N3O3. The van der Waals surface area contributed by atoms with Gasteiger partial charge in [-0.05, 0) is 12.3 Å². The number of hydrogen-bond donors (Lipinski definition) is 0. The molecule has 134 valence electrons. The second kappa shape index (κ2) is 7.66. The molecule has 0 N–H and O–H groups in total. The summed E-state index contributed by atoms with van der Waals surface area (Å²) in [5, 5.41) is 4.08. The Hall–Kier alpha value is -1.40. The second-order valence-corrected chi connectivity index (χ2v) is 7.02. The smallest absolute Gasteiger partial charge is 0.292 e. The van der Waals surface area contributed by atoms with Gasteiger partial charge in [0, 0.05) is 44.2 Å². The molecule has 2 aliphatic heterocycles. The summed E-state index contributed by atoms with van der Waals surface area (Å²) in [7, 11) is 0. The Morgan fingerprint density at radius 2 is 2.08 bits per heavy atom. The Labute approximate surface area is 144 Å². The molecule has 0 saturated carbocycles. The van der Waals surface area contributed by atoms with Crippen LogP contribution < -0.4 is 0 Å². The Kier molecular flexibility index (Phi) is 5.56. The van der Waals surface area contributed by atoms with Crippen molar-refractivity contribution in [3.05, 3.63) is 17.5 Å². The lowest BCUT2D eigenvalue weighted by Gasteiger charge is -2.34. The maximum absolute atomic E-state index is 12.8. The average molecular weight is 335 g/mol. The van der Waals surface area contributed by atoms with E-state index in [4.69, 9.17) is 9.26 Å². The summed E-state index contributed by atoms with van der Waals surface area (Å²) < 4.78 is 10.8. The quantitative estimate of drug-likeness (QED) is 0.827. The number of rotatable bonds is 5. The maximum atomic E-state index is 12.8. The van der Waals surface area contributed by atoms with E-state index in [0.29, 0.717) is 23.6 Å². The molecule has 0 radical (unpaired) electrons. The van der Waals surface area contributed by atoms with Gasteiger partial charge < -0.3 is 14.2 Å². The summed E-state index contributed by atoms with van der Waals surface area (Å²) in [5.41, 5.74) is 0.872. The van der Waals surface area contributed by atoms with Crippen molar-refractivity contribution in [3.8, 4) is 0 Å². The predicted molar refractivity (Wildman–Crippen MR) is 91.1 cm³/mol. The topological polar surface area (TPSA) is 58.8 Å². The lowest BCUT2D eigenvalue weighted by Crippen LogP contribution is -2.47. The fourth-order valence-corrected chi connectivity index (χ4v) is 3.73. The van der Waals surface area contributed by atoms with Crippen molar-refractivity contribution in [3.63, 3.8) is 0 Å². The van der Waals surface area contributed by atoms with Crippen LogP contribution in [-0.2, 0) is 4.74 Å². The van der Waals surface area contributed by atoms with Gasteiger partial charge in [-0.3, -0.25) is 9.69 Å². The first-order valence-electron chi connectivity index (χ1n) is 9.21. The van der Waals surface area contributed by atoms with Gasteiger partial charge in [0.15, 0.2) is 0 Å². The third kappa shape index (κ3) is 3.49. The summed E-state index contributed by atoms with van der Waals surface area (Å²) >= 11 is 0. The van der Waals surface area contributed by atoms with E-state index in [0.717, 1.165) is 57.9 Å². The van der Waals surface area contributed by atoms with Crippen LogP contribution in [0.15, 0.2) is 10.6 Å². The van der Waals surface area contributed by atoms with E-state index in [2.05, 4.69) is 30.8 Å². The van der Waals surface area contributed by atoms with Gasteiger partial charge in [0.25, 0.3) is 5.91 Å². The van der Waals surface area contributed by atoms with Crippen molar-refractivity contribution in [2.75, 3.05) is 39.4 Å². The van der Waals surface area contributed by atoms with Gasteiger partial charge >= 0.3 is 0 Å². The predicted octanol–water partition coefficient (Wildman–Crippen LogP) is 2.37. The first-order chi connectivity index (χ1) is 11.6. The highest BCUT2D eigenvalue weighted by Crippen LogP contribution is 2.27. The third-order valence-electron chi connectivity index (χ3n) is 5.59. The van der Waals surface area contributed by atoms with Crippen LogP contribution in [0.25, 0.3) is 0 Å². The molecule has 2 saturated heterocycles. The summed E-state index contributed by atoms with van der Waals surface area (Å²) in [5.74, 6) is 1.19. The van der Waals surface area contributed by atoms with Gasteiger partial charge in [0.2, 0.25) is 5.76 Å². The number of morpholine rings is 1. The maximum Gasteiger partial charge on any atom is 0.292 e. The summed E-state index contributed by atoms with van der Waals surface area (Å²) in [6.45, 7) is 11.5. The fraction of sp³-hybridized carbons (Fsp3) is 0.778. The number of likely N-dealkylation sites (tertiary alicyclic amines) is 1. The first kappa shape index (κ1) is 17.4. The zero-order valence-corrected chi connectivity index (χ0v) is 15.0. The van der Waals surface area contributed by atoms with Crippen molar-refractivity contribution >= 4 is 5.91 Å². The molecule has 1 aromatic heterocycles. The van der Waals surface area contributed by atoms with Gasteiger partial charge in [0.05, 0.1) is 18.9 Å². The van der Waals surface area contributed by atoms with E-state index in [1.165, 1.54) is 0 Å². The van der Waals surface area contributed by atoms with Crippen LogP contribution in [0, 0.1) is 5.92 Å². The zero-order chi connectivity index (χ0) is 17.1. The highest BCUT2D eigenvalue weighted by Gasteiger charge is 2.39.